The van der Waals surface area contributed by atoms with E-state index in [1.807, 2.05) is 0 Å². The van der Waals surface area contributed by atoms with Crippen molar-refractivity contribution in [2.75, 3.05) is 18.6 Å². The van der Waals surface area contributed by atoms with Crippen LogP contribution in [0.2, 0.25) is 0 Å². The van der Waals surface area contributed by atoms with Gasteiger partial charge in [0.2, 0.25) is 0 Å². The third-order valence-electron chi connectivity index (χ3n) is 2.33. The molecule has 6 nitrogen and oxygen atoms in total. The van der Waals surface area contributed by atoms with Crippen LogP contribution < -0.4 is 4.74 Å². The zero-order valence-electron chi connectivity index (χ0n) is 11.4. The van der Waals surface area contributed by atoms with E-state index in [2.05, 4.69) is 4.98 Å². The van der Waals surface area contributed by atoms with Crippen molar-refractivity contribution >= 4 is 21.9 Å². The van der Waals surface area contributed by atoms with Crippen molar-refractivity contribution in [2.45, 2.75) is 13.3 Å². The molecular weight excluding hydrogens is 282 g/mol. The lowest BCUT2D eigenvalue weighted by atomic mass is 10.2. The minimum Gasteiger partial charge on any atom is -0.491 e. The number of aliphatic carboxylic acids is 1. The zero-order chi connectivity index (χ0) is 15.2. The number of carbonyl (C=O) groups is 1. The molecule has 0 spiro atoms. The van der Waals surface area contributed by atoms with Gasteiger partial charge in [-0.25, -0.2) is 18.2 Å². The summed E-state index contributed by atoms with van der Waals surface area (Å²) in [6.45, 7) is 2.01. The van der Waals surface area contributed by atoms with Crippen molar-refractivity contribution < 1.29 is 23.1 Å². The highest BCUT2D eigenvalue weighted by molar-refractivity contribution is 7.90. The number of pyridine rings is 1. The van der Waals surface area contributed by atoms with Gasteiger partial charge in [-0.3, -0.25) is 0 Å². The van der Waals surface area contributed by atoms with Gasteiger partial charge in [0.1, 0.15) is 21.3 Å². The number of rotatable bonds is 7. The summed E-state index contributed by atoms with van der Waals surface area (Å²) in [5.41, 5.74) is 1.14. The van der Waals surface area contributed by atoms with Crippen molar-refractivity contribution in [3.05, 3.63) is 29.6 Å². The van der Waals surface area contributed by atoms with Gasteiger partial charge in [0.15, 0.2) is 0 Å². The Morgan fingerprint density at radius 2 is 2.15 bits per heavy atom. The van der Waals surface area contributed by atoms with Gasteiger partial charge in [-0.15, -0.1) is 0 Å². The molecule has 0 amide bonds. The molecule has 1 heterocycles. The quantitative estimate of drug-likeness (QED) is 0.602. The Balaban J connectivity index is 2.71. The molecule has 0 atom stereocenters. The topological polar surface area (TPSA) is 93.6 Å². The summed E-state index contributed by atoms with van der Waals surface area (Å²) in [5, 5.41) is 8.62. The van der Waals surface area contributed by atoms with E-state index < -0.39 is 15.8 Å². The summed E-state index contributed by atoms with van der Waals surface area (Å²) in [6, 6.07) is 3.42. The summed E-state index contributed by atoms with van der Waals surface area (Å²) in [5.74, 6) is -0.593. The molecule has 0 unspecified atom stereocenters. The minimum absolute atomic E-state index is 0.0482. The number of nitrogens with zero attached hydrogens (tertiary/aromatic N) is 1. The van der Waals surface area contributed by atoms with Crippen molar-refractivity contribution in [1.82, 2.24) is 4.98 Å². The van der Waals surface area contributed by atoms with Gasteiger partial charge in [0, 0.05) is 18.0 Å². The van der Waals surface area contributed by atoms with E-state index >= 15 is 0 Å². The first-order valence-corrected chi connectivity index (χ1v) is 8.03. The molecule has 0 aliphatic carbocycles. The highest BCUT2D eigenvalue weighted by Gasteiger charge is 2.06. The molecule has 7 heteroatoms. The Kier molecular flexibility index (Phi) is 5.69. The van der Waals surface area contributed by atoms with Gasteiger partial charge in [0.05, 0.1) is 12.4 Å². The lowest BCUT2D eigenvalue weighted by molar-refractivity contribution is -0.131. The van der Waals surface area contributed by atoms with Crippen molar-refractivity contribution in [1.29, 1.82) is 0 Å². The second kappa shape index (κ2) is 7.04. The Morgan fingerprint density at radius 3 is 2.75 bits per heavy atom. The molecule has 1 N–H and O–H groups in total. The average Bonchev–Trinajstić information content (AvgIpc) is 2.32. The third kappa shape index (κ3) is 6.33. The van der Waals surface area contributed by atoms with Crippen molar-refractivity contribution in [3.63, 3.8) is 0 Å². The molecule has 0 aromatic carbocycles. The molecule has 110 valence electrons. The summed E-state index contributed by atoms with van der Waals surface area (Å²) in [6.07, 6.45) is 3.86. The van der Waals surface area contributed by atoms with E-state index in [9.17, 15) is 13.2 Å². The Morgan fingerprint density at radius 1 is 1.45 bits per heavy atom. The average molecular weight is 299 g/mol. The molecule has 0 bridgehead atoms. The maximum absolute atomic E-state index is 11.0. The molecular formula is C13H17NO5S. The largest absolute Gasteiger partial charge is 0.491 e. The summed E-state index contributed by atoms with van der Waals surface area (Å²) in [7, 11) is -3.00. The van der Waals surface area contributed by atoms with Gasteiger partial charge >= 0.3 is 5.97 Å². The lowest BCUT2D eigenvalue weighted by Gasteiger charge is -2.09. The fraction of sp³-hybridized carbons (Fsp3) is 0.385. The molecule has 1 aromatic heterocycles. The van der Waals surface area contributed by atoms with Crippen LogP contribution in [0.5, 0.6) is 5.75 Å². The van der Waals surface area contributed by atoms with Crippen LogP contribution in [-0.4, -0.2) is 43.1 Å². The highest BCUT2D eigenvalue weighted by atomic mass is 32.2. The monoisotopic (exact) mass is 299 g/mol. The number of hydrogen-bond donors (Lipinski definition) is 1. The van der Waals surface area contributed by atoms with Crippen molar-refractivity contribution in [2.24, 2.45) is 0 Å². The Bertz CT molecular complexity index is 607. The predicted molar refractivity (Wildman–Crippen MR) is 75.5 cm³/mol. The number of aromatic nitrogens is 1. The molecule has 0 aliphatic rings. The second-order valence-corrected chi connectivity index (χ2v) is 6.60. The summed E-state index contributed by atoms with van der Waals surface area (Å²) < 4.78 is 27.4. The normalized spacial score (nSPS) is 11.7. The molecule has 0 radical (unpaired) electrons. The van der Waals surface area contributed by atoms with Crippen molar-refractivity contribution in [3.8, 4) is 5.75 Å². The van der Waals surface area contributed by atoms with Gasteiger partial charge in [-0.2, -0.15) is 0 Å². The van der Waals surface area contributed by atoms with Crippen LogP contribution in [0.15, 0.2) is 18.2 Å². The molecule has 20 heavy (non-hydrogen) atoms. The van der Waals surface area contributed by atoms with Gasteiger partial charge in [-0.1, -0.05) is 0 Å². The van der Waals surface area contributed by atoms with Crippen LogP contribution in [0.4, 0.5) is 0 Å². The number of aryl methyl sites for hydroxylation is 1. The second-order valence-electron chi connectivity index (χ2n) is 4.34. The fourth-order valence-electron chi connectivity index (χ4n) is 1.46. The highest BCUT2D eigenvalue weighted by Crippen LogP contribution is 2.18. The first-order chi connectivity index (χ1) is 9.28. The first-order valence-electron chi connectivity index (χ1n) is 5.97. The number of hydrogen-bond acceptors (Lipinski definition) is 5. The first kappa shape index (κ1) is 16.2. The molecule has 0 aliphatic heterocycles. The van der Waals surface area contributed by atoms with Gasteiger partial charge < -0.3 is 9.84 Å². The predicted octanol–water partition coefficient (Wildman–Crippen LogP) is 1.30. The van der Waals surface area contributed by atoms with Crippen LogP contribution >= 0.6 is 0 Å². The van der Waals surface area contributed by atoms with Crippen LogP contribution in [0.1, 0.15) is 17.8 Å². The molecule has 0 saturated heterocycles. The van der Waals surface area contributed by atoms with Gasteiger partial charge in [-0.05, 0) is 31.6 Å². The van der Waals surface area contributed by atoms with E-state index in [0.717, 1.165) is 11.8 Å². The lowest BCUT2D eigenvalue weighted by Crippen LogP contribution is -2.08. The number of carboxylic acids is 1. The number of carboxylic acid groups (broad SMARTS) is 1. The van der Waals surface area contributed by atoms with Crippen LogP contribution in [-0.2, 0) is 14.6 Å². The van der Waals surface area contributed by atoms with Crippen LogP contribution in [0.3, 0.4) is 0 Å². The van der Waals surface area contributed by atoms with E-state index in [4.69, 9.17) is 9.84 Å². The SMILES string of the molecule is Cc1ccc(OCCCS(C)(=O)=O)c(/C=C/C(=O)O)n1. The molecule has 1 rings (SSSR count). The Hall–Kier alpha value is -1.89. The van der Waals surface area contributed by atoms with Crippen LogP contribution in [0.25, 0.3) is 6.08 Å². The molecule has 1 aromatic rings. The standard InChI is InChI=1S/C13H17NO5S/c1-10-4-6-12(11(14-10)5-7-13(15)16)19-8-3-9-20(2,17)18/h4-7H,3,8-9H2,1-2H3,(H,15,16)/b7-5+. The molecule has 0 saturated carbocycles. The zero-order valence-corrected chi connectivity index (χ0v) is 12.2. The van der Waals surface area contributed by atoms with Crippen LogP contribution in [0, 0.1) is 6.92 Å². The summed E-state index contributed by atoms with van der Waals surface area (Å²) >= 11 is 0. The fourth-order valence-corrected chi connectivity index (χ4v) is 2.10. The van der Waals surface area contributed by atoms with E-state index in [1.54, 1.807) is 19.1 Å². The number of sulfone groups is 1. The van der Waals surface area contributed by atoms with E-state index in [1.165, 1.54) is 12.3 Å². The minimum atomic E-state index is -3.00. The molecule has 0 fully saturated rings. The van der Waals surface area contributed by atoms with E-state index in [-0.39, 0.29) is 12.4 Å². The van der Waals surface area contributed by atoms with Gasteiger partial charge in [0.25, 0.3) is 0 Å². The number of ether oxygens (including phenoxy) is 1. The maximum Gasteiger partial charge on any atom is 0.328 e. The summed E-state index contributed by atoms with van der Waals surface area (Å²) in [4.78, 5) is 14.7. The Labute approximate surface area is 118 Å². The third-order valence-corrected chi connectivity index (χ3v) is 3.36. The maximum atomic E-state index is 11.0. The smallest absolute Gasteiger partial charge is 0.328 e. The van der Waals surface area contributed by atoms with E-state index in [0.29, 0.717) is 17.9 Å².